The van der Waals surface area contributed by atoms with Crippen LogP contribution in [0.15, 0.2) is 60.7 Å². The van der Waals surface area contributed by atoms with Gasteiger partial charge in [0.2, 0.25) is 0 Å². The summed E-state index contributed by atoms with van der Waals surface area (Å²) in [6.45, 7) is 7.00. The largest absolute Gasteiger partial charge is 0.0622 e. The molecule has 0 aliphatic rings. The molecule has 0 radical (unpaired) electrons. The molecular formula is C16H19PPd. The summed E-state index contributed by atoms with van der Waals surface area (Å²) in [5, 5.41) is 3.21. The predicted molar refractivity (Wildman–Crippen MR) is 78.8 cm³/mol. The van der Waals surface area contributed by atoms with Crippen LogP contribution >= 0.6 is 7.92 Å². The number of hydrogen-bond donors (Lipinski definition) is 0. The van der Waals surface area contributed by atoms with Crippen LogP contribution in [0.4, 0.5) is 0 Å². The van der Waals surface area contributed by atoms with Crippen LogP contribution in [0.3, 0.4) is 0 Å². The van der Waals surface area contributed by atoms with Crippen molar-refractivity contribution in [2.45, 2.75) is 25.9 Å². The predicted octanol–water partition coefficient (Wildman–Crippen LogP) is 3.92. The molecule has 98 valence electrons. The number of rotatable bonds is 2. The van der Waals surface area contributed by atoms with E-state index in [1.807, 2.05) is 0 Å². The van der Waals surface area contributed by atoms with Crippen LogP contribution in [0, 0.1) is 0 Å². The van der Waals surface area contributed by atoms with E-state index in [1.165, 1.54) is 10.6 Å². The van der Waals surface area contributed by atoms with Crippen molar-refractivity contribution in [3.63, 3.8) is 0 Å². The third kappa shape index (κ3) is 3.76. The summed E-state index contributed by atoms with van der Waals surface area (Å²) >= 11 is 0. The first-order valence-corrected chi connectivity index (χ1v) is 7.33. The summed E-state index contributed by atoms with van der Waals surface area (Å²) in [7, 11) is -0.292. The normalized spacial score (nSPS) is 11.1. The quantitative estimate of drug-likeness (QED) is 0.570. The van der Waals surface area contributed by atoms with Gasteiger partial charge in [-0.1, -0.05) is 81.4 Å². The minimum atomic E-state index is -0.292. The van der Waals surface area contributed by atoms with Gasteiger partial charge in [-0.3, -0.25) is 0 Å². The molecule has 2 heteroatoms. The Morgan fingerprint density at radius 3 is 1.28 bits per heavy atom. The fourth-order valence-electron chi connectivity index (χ4n) is 2.08. The molecule has 0 fully saturated rings. The van der Waals surface area contributed by atoms with E-state index >= 15 is 0 Å². The molecule has 0 aromatic heterocycles. The van der Waals surface area contributed by atoms with Crippen molar-refractivity contribution in [1.82, 2.24) is 0 Å². The van der Waals surface area contributed by atoms with Crippen molar-refractivity contribution in [1.29, 1.82) is 0 Å². The third-order valence-corrected chi connectivity index (χ3v) is 5.67. The Hall–Kier alpha value is -0.468. The van der Waals surface area contributed by atoms with E-state index in [4.69, 9.17) is 0 Å². The first-order chi connectivity index (χ1) is 8.09. The summed E-state index contributed by atoms with van der Waals surface area (Å²) in [5.41, 5.74) is 0. The maximum atomic E-state index is 2.33. The van der Waals surface area contributed by atoms with Gasteiger partial charge in [0, 0.05) is 20.4 Å². The molecule has 2 aromatic rings. The molecular weight excluding hydrogens is 330 g/mol. The Morgan fingerprint density at radius 2 is 1.00 bits per heavy atom. The van der Waals surface area contributed by atoms with Crippen molar-refractivity contribution >= 4 is 18.5 Å². The smallest absolute Gasteiger partial charge is 0 e. The molecule has 0 N–H and O–H groups in total. The third-order valence-electron chi connectivity index (χ3n) is 2.70. The van der Waals surface area contributed by atoms with Crippen LogP contribution in [0.2, 0.25) is 0 Å². The van der Waals surface area contributed by atoms with Gasteiger partial charge in [-0.2, -0.15) is 0 Å². The van der Waals surface area contributed by atoms with Gasteiger partial charge in [0.05, 0.1) is 0 Å². The Balaban J connectivity index is 0.00000162. The van der Waals surface area contributed by atoms with Crippen LogP contribution in [0.25, 0.3) is 0 Å². The maximum Gasteiger partial charge on any atom is 0 e. The van der Waals surface area contributed by atoms with Gasteiger partial charge in [0.1, 0.15) is 0 Å². The van der Waals surface area contributed by atoms with Crippen LogP contribution in [0.5, 0.6) is 0 Å². The summed E-state index contributed by atoms with van der Waals surface area (Å²) in [5.74, 6) is 0. The van der Waals surface area contributed by atoms with E-state index in [1.54, 1.807) is 0 Å². The van der Waals surface area contributed by atoms with Gasteiger partial charge in [0.25, 0.3) is 0 Å². The molecule has 0 atom stereocenters. The second-order valence-electron chi connectivity index (χ2n) is 5.18. The Bertz CT molecular complexity index is 420. The molecule has 18 heavy (non-hydrogen) atoms. The zero-order valence-electron chi connectivity index (χ0n) is 11.0. The van der Waals surface area contributed by atoms with E-state index in [2.05, 4.69) is 81.4 Å². The second kappa shape index (κ2) is 6.63. The second-order valence-corrected chi connectivity index (χ2v) is 8.22. The fourth-order valence-corrected chi connectivity index (χ4v) is 4.87. The van der Waals surface area contributed by atoms with Gasteiger partial charge >= 0.3 is 0 Å². The molecule has 0 heterocycles. The van der Waals surface area contributed by atoms with Crippen molar-refractivity contribution in [2.24, 2.45) is 0 Å². The zero-order chi connectivity index (χ0) is 12.3. The maximum absolute atomic E-state index is 2.33. The summed E-state index contributed by atoms with van der Waals surface area (Å²) < 4.78 is 0. The van der Waals surface area contributed by atoms with Crippen molar-refractivity contribution in [3.8, 4) is 0 Å². The topological polar surface area (TPSA) is 0 Å². The standard InChI is InChI=1S/C16H19P.Pd/c1-16(2,3)17(14-10-6-4-7-11-14)15-12-8-5-9-13-15;/h4-13H,1-3H3;. The minimum absolute atomic E-state index is 0. The van der Waals surface area contributed by atoms with E-state index in [0.29, 0.717) is 0 Å². The molecule has 2 aromatic carbocycles. The molecule has 0 nitrogen and oxygen atoms in total. The molecule has 0 bridgehead atoms. The van der Waals surface area contributed by atoms with E-state index in [0.717, 1.165) is 0 Å². The molecule has 0 saturated carbocycles. The first-order valence-electron chi connectivity index (χ1n) is 5.99. The summed E-state index contributed by atoms with van der Waals surface area (Å²) in [6.07, 6.45) is 0. The van der Waals surface area contributed by atoms with Crippen molar-refractivity contribution < 1.29 is 20.4 Å². The van der Waals surface area contributed by atoms with Crippen LogP contribution < -0.4 is 10.6 Å². The molecule has 0 aliphatic heterocycles. The van der Waals surface area contributed by atoms with Crippen LogP contribution in [0.1, 0.15) is 20.8 Å². The molecule has 2 rings (SSSR count). The summed E-state index contributed by atoms with van der Waals surface area (Å²) in [4.78, 5) is 0. The van der Waals surface area contributed by atoms with Gasteiger partial charge in [-0.15, -0.1) is 0 Å². The van der Waals surface area contributed by atoms with Crippen LogP contribution in [-0.2, 0) is 20.4 Å². The monoisotopic (exact) mass is 348 g/mol. The fraction of sp³-hybridized carbons (Fsp3) is 0.250. The molecule has 0 unspecified atom stereocenters. The van der Waals surface area contributed by atoms with Crippen molar-refractivity contribution in [2.75, 3.05) is 0 Å². The van der Waals surface area contributed by atoms with Gasteiger partial charge < -0.3 is 0 Å². The molecule has 0 amide bonds. The number of benzene rings is 2. The van der Waals surface area contributed by atoms with E-state index in [9.17, 15) is 0 Å². The van der Waals surface area contributed by atoms with Gasteiger partial charge in [-0.25, -0.2) is 0 Å². The molecule has 0 spiro atoms. The molecule has 0 saturated heterocycles. The van der Waals surface area contributed by atoms with Crippen LogP contribution in [-0.4, -0.2) is 5.16 Å². The molecule has 0 aliphatic carbocycles. The van der Waals surface area contributed by atoms with E-state index < -0.39 is 0 Å². The Morgan fingerprint density at radius 1 is 0.667 bits per heavy atom. The zero-order valence-corrected chi connectivity index (χ0v) is 13.5. The van der Waals surface area contributed by atoms with Gasteiger partial charge in [-0.05, 0) is 23.7 Å². The Labute approximate surface area is 125 Å². The van der Waals surface area contributed by atoms with Gasteiger partial charge in [0.15, 0.2) is 0 Å². The SMILES string of the molecule is CC(C)(C)P(c1ccccc1)c1ccccc1.[Pd]. The summed E-state index contributed by atoms with van der Waals surface area (Å²) in [6, 6.07) is 21.7. The first kappa shape index (κ1) is 15.6. The average Bonchev–Trinajstić information content (AvgIpc) is 2.30. The average molecular weight is 349 g/mol. The van der Waals surface area contributed by atoms with Crippen molar-refractivity contribution in [3.05, 3.63) is 60.7 Å². The Kier molecular flexibility index (Phi) is 5.74. The number of hydrogen-bond acceptors (Lipinski definition) is 0. The van der Waals surface area contributed by atoms with E-state index in [-0.39, 0.29) is 33.5 Å². The minimum Gasteiger partial charge on any atom is -0.0622 e.